The van der Waals surface area contributed by atoms with E-state index in [1.54, 1.807) is 26.0 Å². The van der Waals surface area contributed by atoms with Gasteiger partial charge in [0.15, 0.2) is 0 Å². The van der Waals surface area contributed by atoms with Gasteiger partial charge in [-0.3, -0.25) is 19.7 Å². The summed E-state index contributed by atoms with van der Waals surface area (Å²) in [6.45, 7) is 6.93. The molecular weight excluding hydrogens is 522 g/mol. The molecule has 0 aromatic heterocycles. The number of anilines is 1. The van der Waals surface area contributed by atoms with Crippen LogP contribution in [0.5, 0.6) is 0 Å². The number of nitro groups is 1. The Morgan fingerprint density at radius 3 is 2.10 bits per heavy atom. The monoisotopic (exact) mass is 557 g/mol. The molecule has 1 N–H and O–H groups in total. The van der Waals surface area contributed by atoms with Crippen LogP contribution in [0.1, 0.15) is 33.6 Å². The molecule has 0 aliphatic carbocycles. The molecule has 1 unspecified atom stereocenters. The Morgan fingerprint density at radius 2 is 1.55 bits per heavy atom. The van der Waals surface area contributed by atoms with Crippen LogP contribution in [0.2, 0.25) is 0 Å². The summed E-state index contributed by atoms with van der Waals surface area (Å²) in [6.07, 6.45) is 0.0393. The van der Waals surface area contributed by atoms with Crippen molar-refractivity contribution in [2.45, 2.75) is 39.7 Å². The van der Waals surface area contributed by atoms with Crippen LogP contribution in [-0.4, -0.2) is 68.3 Å². The lowest BCUT2D eigenvalue weighted by Crippen LogP contribution is -2.44. The van der Waals surface area contributed by atoms with E-state index in [1.807, 2.05) is 19.1 Å². The van der Waals surface area contributed by atoms with Gasteiger partial charge < -0.3 is 24.4 Å². The Bertz CT molecular complexity index is 1140. The molecule has 40 heavy (non-hydrogen) atoms. The van der Waals surface area contributed by atoms with Gasteiger partial charge in [0.2, 0.25) is 5.91 Å². The number of non-ortho nitro benzene ring substituents is 1. The molecule has 13 nitrogen and oxygen atoms in total. The first-order valence-electron chi connectivity index (χ1n) is 13.0. The van der Waals surface area contributed by atoms with Crippen LogP contribution in [0.3, 0.4) is 0 Å². The number of amides is 1. The van der Waals surface area contributed by atoms with E-state index in [0.29, 0.717) is 24.5 Å². The van der Waals surface area contributed by atoms with Crippen molar-refractivity contribution in [3.63, 3.8) is 0 Å². The van der Waals surface area contributed by atoms with Crippen LogP contribution < -0.4 is 10.2 Å². The van der Waals surface area contributed by atoms with Gasteiger partial charge in [0, 0.05) is 37.3 Å². The molecule has 0 spiro atoms. The third-order valence-electron chi connectivity index (χ3n) is 5.53. The summed E-state index contributed by atoms with van der Waals surface area (Å²) in [5.41, 5.74) is 2.02. The minimum atomic E-state index is -0.969. The summed E-state index contributed by atoms with van der Waals surface area (Å²) in [6, 6.07) is 12.2. The lowest BCUT2D eigenvalue weighted by atomic mass is 10.1. The molecule has 0 bridgehead atoms. The molecule has 1 amide bonds. The van der Waals surface area contributed by atoms with Crippen molar-refractivity contribution in [3.8, 4) is 0 Å². The van der Waals surface area contributed by atoms with E-state index in [0.717, 1.165) is 5.69 Å². The maximum Gasteiger partial charge on any atom is 0.328 e. The number of benzene rings is 2. The SMILES string of the molecule is CCOC(=O)CCC(NC(=O)COCCN(CC)c1ccc(/N=N/c2ccc([N+](=O)[O-])cc2)cc1)C(=O)OCC. The van der Waals surface area contributed by atoms with Crippen molar-refractivity contribution < 1.29 is 33.5 Å². The first-order valence-corrected chi connectivity index (χ1v) is 13.0. The fraction of sp³-hybridized carbons (Fsp3) is 0.444. The molecule has 1 atom stereocenters. The smallest absolute Gasteiger partial charge is 0.328 e. The summed E-state index contributed by atoms with van der Waals surface area (Å²) in [5, 5.41) is 21.6. The molecule has 0 saturated heterocycles. The van der Waals surface area contributed by atoms with Gasteiger partial charge in [0.1, 0.15) is 12.6 Å². The zero-order valence-corrected chi connectivity index (χ0v) is 22.9. The van der Waals surface area contributed by atoms with Crippen LogP contribution in [0, 0.1) is 10.1 Å². The minimum Gasteiger partial charge on any atom is -0.466 e. The van der Waals surface area contributed by atoms with E-state index in [4.69, 9.17) is 14.2 Å². The van der Waals surface area contributed by atoms with Gasteiger partial charge in [-0.2, -0.15) is 10.2 Å². The van der Waals surface area contributed by atoms with E-state index in [1.165, 1.54) is 24.3 Å². The molecule has 0 saturated carbocycles. The summed E-state index contributed by atoms with van der Waals surface area (Å²) in [5.74, 6) is -1.57. The van der Waals surface area contributed by atoms with Crippen LogP contribution >= 0.6 is 0 Å². The van der Waals surface area contributed by atoms with Gasteiger partial charge >= 0.3 is 11.9 Å². The number of nitrogens with one attached hydrogen (secondary N) is 1. The summed E-state index contributed by atoms with van der Waals surface area (Å²) >= 11 is 0. The fourth-order valence-electron chi connectivity index (χ4n) is 3.52. The third-order valence-corrected chi connectivity index (χ3v) is 5.53. The Labute approximate surface area is 232 Å². The van der Waals surface area contributed by atoms with Gasteiger partial charge in [-0.25, -0.2) is 4.79 Å². The standard InChI is InChI=1S/C27H35N5O8/c1-4-31(22-11-7-20(8-12-22)29-30-21-9-13-23(14-10-21)32(36)37)17-18-38-19-25(33)28-24(27(35)40-6-3)15-16-26(34)39-5-2/h7-14,24H,4-6,15-19H2,1-3H3,(H,28,33)/b30-29+. The zero-order chi connectivity index (χ0) is 29.3. The number of hydrogen-bond donors (Lipinski definition) is 1. The molecule has 0 aliphatic rings. The number of carbonyl (C=O) groups is 3. The van der Waals surface area contributed by atoms with Crippen molar-refractivity contribution in [1.82, 2.24) is 5.32 Å². The van der Waals surface area contributed by atoms with Gasteiger partial charge in [-0.15, -0.1) is 0 Å². The second-order valence-corrected chi connectivity index (χ2v) is 8.34. The highest BCUT2D eigenvalue weighted by molar-refractivity contribution is 5.85. The molecule has 216 valence electrons. The maximum absolute atomic E-state index is 12.3. The van der Waals surface area contributed by atoms with Crippen molar-refractivity contribution >= 4 is 40.6 Å². The molecule has 0 heterocycles. The number of rotatable bonds is 17. The first kappa shape index (κ1) is 31.8. The molecule has 2 aromatic carbocycles. The Kier molecular flexibility index (Phi) is 13.7. The van der Waals surface area contributed by atoms with Crippen LogP contribution in [0.15, 0.2) is 58.8 Å². The fourth-order valence-corrected chi connectivity index (χ4v) is 3.52. The molecule has 2 rings (SSSR count). The number of nitro benzene ring substituents is 1. The number of nitrogens with zero attached hydrogens (tertiary/aromatic N) is 4. The Hall–Kier alpha value is -4.39. The number of azo groups is 1. The average molecular weight is 558 g/mol. The van der Waals surface area contributed by atoms with E-state index >= 15 is 0 Å². The normalized spacial score (nSPS) is 11.6. The summed E-state index contributed by atoms with van der Waals surface area (Å²) in [7, 11) is 0. The van der Waals surface area contributed by atoms with Crippen molar-refractivity contribution in [2.24, 2.45) is 10.2 Å². The molecule has 0 radical (unpaired) electrons. The number of ether oxygens (including phenoxy) is 3. The van der Waals surface area contributed by atoms with E-state index in [2.05, 4.69) is 20.4 Å². The third kappa shape index (κ3) is 11.2. The van der Waals surface area contributed by atoms with Crippen molar-refractivity contribution in [3.05, 3.63) is 58.6 Å². The number of likely N-dealkylation sites (N-methyl/N-ethyl adjacent to an activating group) is 1. The molecule has 2 aromatic rings. The largest absolute Gasteiger partial charge is 0.466 e. The predicted molar refractivity (Wildman–Crippen MR) is 147 cm³/mol. The topological polar surface area (TPSA) is 162 Å². The second-order valence-electron chi connectivity index (χ2n) is 8.34. The summed E-state index contributed by atoms with van der Waals surface area (Å²) in [4.78, 5) is 48.5. The van der Waals surface area contributed by atoms with Crippen LogP contribution in [-0.2, 0) is 28.6 Å². The molecular formula is C27H35N5O8. The maximum atomic E-state index is 12.3. The second kappa shape index (κ2) is 17.2. The molecule has 13 heteroatoms. The highest BCUT2D eigenvalue weighted by Crippen LogP contribution is 2.23. The molecule has 0 aliphatic heterocycles. The first-order chi connectivity index (χ1) is 19.3. The lowest BCUT2D eigenvalue weighted by Gasteiger charge is -2.23. The van der Waals surface area contributed by atoms with Gasteiger partial charge in [0.25, 0.3) is 5.69 Å². The number of carbonyl (C=O) groups excluding carboxylic acids is 3. The van der Waals surface area contributed by atoms with Gasteiger partial charge in [-0.05, 0) is 63.6 Å². The number of esters is 2. The highest BCUT2D eigenvalue weighted by Gasteiger charge is 2.23. The summed E-state index contributed by atoms with van der Waals surface area (Å²) < 4.78 is 15.4. The average Bonchev–Trinajstić information content (AvgIpc) is 2.95. The van der Waals surface area contributed by atoms with Gasteiger partial charge in [-0.1, -0.05) is 0 Å². The zero-order valence-electron chi connectivity index (χ0n) is 22.9. The Balaban J connectivity index is 1.82. The van der Waals surface area contributed by atoms with E-state index in [9.17, 15) is 24.5 Å². The van der Waals surface area contributed by atoms with E-state index in [-0.39, 0.29) is 45.0 Å². The van der Waals surface area contributed by atoms with Crippen molar-refractivity contribution in [2.75, 3.05) is 44.4 Å². The highest BCUT2D eigenvalue weighted by atomic mass is 16.6. The van der Waals surface area contributed by atoms with Crippen molar-refractivity contribution in [1.29, 1.82) is 0 Å². The predicted octanol–water partition coefficient (Wildman–Crippen LogP) is 4.24. The van der Waals surface area contributed by atoms with Crippen LogP contribution in [0.4, 0.5) is 22.7 Å². The Morgan fingerprint density at radius 1 is 0.950 bits per heavy atom. The van der Waals surface area contributed by atoms with Crippen LogP contribution in [0.25, 0.3) is 0 Å². The molecule has 0 fully saturated rings. The number of hydrogen-bond acceptors (Lipinski definition) is 11. The minimum absolute atomic E-state index is 0.0144. The quantitative estimate of drug-likeness (QED) is 0.0985. The van der Waals surface area contributed by atoms with Gasteiger partial charge in [0.05, 0.1) is 36.1 Å². The lowest BCUT2D eigenvalue weighted by molar-refractivity contribution is -0.384. The van der Waals surface area contributed by atoms with E-state index < -0.39 is 28.8 Å².